The Morgan fingerprint density at radius 3 is 2.06 bits per heavy atom. The first kappa shape index (κ1) is 35.2. The second kappa shape index (κ2) is 13.1. The Kier molecular flexibility index (Phi) is 9.61. The molecule has 0 N–H and O–H groups in total. The molecule has 3 aromatic carbocycles. The van der Waals surface area contributed by atoms with Gasteiger partial charge in [0.25, 0.3) is 8.32 Å². The van der Waals surface area contributed by atoms with Crippen LogP contribution in [0.4, 0.5) is 0 Å². The van der Waals surface area contributed by atoms with E-state index in [4.69, 9.17) is 28.6 Å². The average Bonchev–Trinajstić information content (AvgIpc) is 3.42. The van der Waals surface area contributed by atoms with Gasteiger partial charge >= 0.3 is 0 Å². The maximum absolute atomic E-state index is 9.88. The monoisotopic (exact) mass is 682 g/mol. The van der Waals surface area contributed by atoms with Gasteiger partial charge < -0.3 is 18.3 Å². The zero-order valence-electron chi connectivity index (χ0n) is 30.4. The minimum Gasteiger partial charge on any atom is -0.543 e. The second-order valence-corrected chi connectivity index (χ2v) is 25.1. The topological polar surface area (TPSA) is 91.4 Å². The Morgan fingerprint density at radius 1 is 0.812 bits per heavy atom. The highest BCUT2D eigenvalue weighted by atomic mass is 28.4. The van der Waals surface area contributed by atoms with Crippen LogP contribution in [0.2, 0.25) is 36.3 Å². The van der Waals surface area contributed by atoms with E-state index in [2.05, 4.69) is 92.9 Å². The summed E-state index contributed by atoms with van der Waals surface area (Å²) in [5.41, 5.74) is 5.80. The van der Waals surface area contributed by atoms with Crippen LogP contribution < -0.4 is 18.3 Å². The Labute approximate surface area is 288 Å². The summed E-state index contributed by atoms with van der Waals surface area (Å²) in [6.45, 7) is 26.1. The van der Waals surface area contributed by atoms with Gasteiger partial charge in [0.05, 0.1) is 23.9 Å². The summed E-state index contributed by atoms with van der Waals surface area (Å²) >= 11 is 0. The first-order valence-corrected chi connectivity index (χ1v) is 22.6. The maximum Gasteiger partial charge on any atom is 0.250 e. The summed E-state index contributed by atoms with van der Waals surface area (Å²) in [7, 11) is -4.47. The van der Waals surface area contributed by atoms with Gasteiger partial charge in [0.1, 0.15) is 30.4 Å². The number of aromatic nitrogens is 3. The van der Waals surface area contributed by atoms with Crippen molar-refractivity contribution in [2.45, 2.75) is 97.7 Å². The van der Waals surface area contributed by atoms with Crippen LogP contribution in [0.3, 0.4) is 0 Å². The molecule has 0 saturated heterocycles. The Balaban J connectivity index is 1.77. The zero-order chi connectivity index (χ0) is 35.1. The quantitative estimate of drug-likeness (QED) is 0.162. The van der Waals surface area contributed by atoms with E-state index >= 15 is 0 Å². The first-order chi connectivity index (χ1) is 22.5. The predicted octanol–water partition coefficient (Wildman–Crippen LogP) is 9.63. The van der Waals surface area contributed by atoms with Crippen LogP contribution in [0.5, 0.6) is 23.0 Å². The molecule has 254 valence electrons. The fourth-order valence-corrected chi connectivity index (χ4v) is 7.18. The van der Waals surface area contributed by atoms with E-state index in [-0.39, 0.29) is 10.1 Å². The number of aryl methyl sites for hydroxylation is 1. The molecule has 5 rings (SSSR count). The van der Waals surface area contributed by atoms with Gasteiger partial charge in [-0.15, -0.1) is 5.10 Å². The number of nitriles is 1. The van der Waals surface area contributed by atoms with Crippen LogP contribution in [-0.4, -0.2) is 44.8 Å². The lowest BCUT2D eigenvalue weighted by Crippen LogP contribution is -2.44. The number of benzene rings is 3. The van der Waals surface area contributed by atoms with E-state index in [0.717, 1.165) is 45.9 Å². The summed E-state index contributed by atoms with van der Waals surface area (Å²) in [5, 5.41) is 19.5. The molecular weight excluding hydrogens is 633 g/mol. The third-order valence-electron chi connectivity index (χ3n) is 10.1. The van der Waals surface area contributed by atoms with Crippen molar-refractivity contribution in [3.63, 3.8) is 0 Å². The van der Waals surface area contributed by atoms with Crippen LogP contribution in [0.1, 0.15) is 65.2 Å². The Hall–Kier alpha value is -4.08. The fourth-order valence-electron chi connectivity index (χ4n) is 5.11. The molecule has 0 fully saturated rings. The van der Waals surface area contributed by atoms with Gasteiger partial charge in [0.2, 0.25) is 8.32 Å². The van der Waals surface area contributed by atoms with Crippen molar-refractivity contribution in [3.8, 4) is 51.6 Å². The highest BCUT2D eigenvalue weighted by molar-refractivity contribution is 6.75. The van der Waals surface area contributed by atoms with Crippen molar-refractivity contribution in [1.29, 1.82) is 5.26 Å². The smallest absolute Gasteiger partial charge is 0.250 e. The highest BCUT2D eigenvalue weighted by Crippen LogP contribution is 2.47. The van der Waals surface area contributed by atoms with Crippen molar-refractivity contribution < 1.29 is 18.3 Å². The Bertz CT molecular complexity index is 1840. The van der Waals surface area contributed by atoms with Crippen molar-refractivity contribution in [2.75, 3.05) is 13.2 Å². The van der Waals surface area contributed by atoms with Crippen molar-refractivity contribution in [3.05, 3.63) is 71.3 Å². The molecule has 0 unspecified atom stereocenters. The lowest BCUT2D eigenvalue weighted by molar-refractivity contribution is 0.171. The molecule has 0 radical (unpaired) electrons. The van der Waals surface area contributed by atoms with Gasteiger partial charge in [-0.2, -0.15) is 5.26 Å². The minimum atomic E-state index is -2.31. The van der Waals surface area contributed by atoms with E-state index in [1.54, 1.807) is 0 Å². The minimum absolute atomic E-state index is 0.0327. The maximum atomic E-state index is 9.88. The molecule has 0 amide bonds. The van der Waals surface area contributed by atoms with E-state index in [1.165, 1.54) is 0 Å². The lowest BCUT2D eigenvalue weighted by Gasteiger charge is -2.39. The SMILES string of the molecule is CCc1cc(-c2nnn(Cc3ccccc3C#N)c2-c2ccc3c(c2)OCCO3)c(O[Si](C)(C)C(C)(C)C)cc1O[Si](C)(C)C(C)(C)C. The third-order valence-corrected chi connectivity index (χ3v) is 18.8. The standard InChI is InChI=1S/C38H50N4O4Si2/c1-12-26-21-30(33(46-48(10,11)38(5,6)7)23-32(26)45-47(8,9)37(2,3)4)35-36(27-17-18-31-34(22-27)44-20-19-43-31)42(41-40-35)25-29-16-14-13-15-28(29)24-39/h13-18,21-23H,12,19-20,25H2,1-11H3. The molecule has 8 nitrogen and oxygen atoms in total. The predicted molar refractivity (Wildman–Crippen MR) is 197 cm³/mol. The molecule has 48 heavy (non-hydrogen) atoms. The molecule has 4 aromatic rings. The molecule has 1 aliphatic rings. The van der Waals surface area contributed by atoms with Crippen LogP contribution >= 0.6 is 0 Å². The largest absolute Gasteiger partial charge is 0.543 e. The van der Waals surface area contributed by atoms with E-state index in [1.807, 2.05) is 47.1 Å². The molecule has 10 heteroatoms. The van der Waals surface area contributed by atoms with Gasteiger partial charge in [0.15, 0.2) is 11.5 Å². The molecule has 0 spiro atoms. The number of hydrogen-bond donors (Lipinski definition) is 0. The van der Waals surface area contributed by atoms with Gasteiger partial charge in [0, 0.05) is 17.2 Å². The highest BCUT2D eigenvalue weighted by Gasteiger charge is 2.42. The van der Waals surface area contributed by atoms with Gasteiger partial charge in [-0.3, -0.25) is 0 Å². The summed E-state index contributed by atoms with van der Waals surface area (Å²) in [5.74, 6) is 3.01. The van der Waals surface area contributed by atoms with Gasteiger partial charge in [-0.1, -0.05) is 71.9 Å². The van der Waals surface area contributed by atoms with Crippen molar-refractivity contribution in [1.82, 2.24) is 15.0 Å². The summed E-state index contributed by atoms with van der Waals surface area (Å²) < 4.78 is 27.9. The number of ether oxygens (including phenoxy) is 2. The first-order valence-electron chi connectivity index (χ1n) is 16.8. The molecule has 1 aromatic heterocycles. The fraction of sp³-hybridized carbons (Fsp3) is 0.447. The third kappa shape index (κ3) is 7.03. The van der Waals surface area contributed by atoms with Crippen LogP contribution in [0.15, 0.2) is 54.6 Å². The van der Waals surface area contributed by atoms with Crippen LogP contribution in [0, 0.1) is 11.3 Å². The lowest BCUT2D eigenvalue weighted by atomic mass is 9.99. The number of fused-ring (bicyclic) bond motifs is 1. The molecular formula is C38H50N4O4Si2. The van der Waals surface area contributed by atoms with Crippen molar-refractivity contribution >= 4 is 16.6 Å². The second-order valence-electron chi connectivity index (χ2n) is 15.6. The molecule has 2 heterocycles. The molecule has 0 atom stereocenters. The van der Waals surface area contributed by atoms with E-state index in [9.17, 15) is 5.26 Å². The average molecular weight is 683 g/mol. The van der Waals surface area contributed by atoms with Gasteiger partial charge in [-0.25, -0.2) is 4.68 Å². The molecule has 0 saturated carbocycles. The number of hydrogen-bond acceptors (Lipinski definition) is 7. The molecule has 0 aliphatic carbocycles. The summed E-state index contributed by atoms with van der Waals surface area (Å²) in [4.78, 5) is 0. The summed E-state index contributed by atoms with van der Waals surface area (Å²) in [6.07, 6.45) is 0.778. The van der Waals surface area contributed by atoms with Crippen molar-refractivity contribution in [2.24, 2.45) is 0 Å². The zero-order valence-corrected chi connectivity index (χ0v) is 32.4. The summed E-state index contributed by atoms with van der Waals surface area (Å²) in [6, 6.07) is 20.2. The number of nitrogens with zero attached hydrogens (tertiary/aromatic N) is 4. The normalized spacial score (nSPS) is 13.6. The van der Waals surface area contributed by atoms with Crippen LogP contribution in [0.25, 0.3) is 22.5 Å². The molecule has 1 aliphatic heterocycles. The van der Waals surface area contributed by atoms with Crippen LogP contribution in [-0.2, 0) is 13.0 Å². The Morgan fingerprint density at radius 2 is 1.44 bits per heavy atom. The number of rotatable bonds is 9. The van der Waals surface area contributed by atoms with Gasteiger partial charge in [-0.05, 0) is 84.1 Å². The van der Waals surface area contributed by atoms with E-state index < -0.39 is 16.6 Å². The molecule has 0 bridgehead atoms. The van der Waals surface area contributed by atoms with E-state index in [0.29, 0.717) is 42.5 Å².